The van der Waals surface area contributed by atoms with E-state index in [1.807, 2.05) is 31.2 Å². The van der Waals surface area contributed by atoms with Crippen LogP contribution in [0.3, 0.4) is 0 Å². The fourth-order valence-corrected chi connectivity index (χ4v) is 3.05. The lowest BCUT2D eigenvalue weighted by atomic mass is 10.1. The Morgan fingerprint density at radius 2 is 1.81 bits per heavy atom. The molecule has 0 aliphatic carbocycles. The number of halogens is 2. The summed E-state index contributed by atoms with van der Waals surface area (Å²) in [5, 5.41) is 3.47. The van der Waals surface area contributed by atoms with Crippen LogP contribution in [-0.2, 0) is 22.6 Å². The van der Waals surface area contributed by atoms with E-state index in [9.17, 15) is 9.59 Å². The fourth-order valence-electron chi connectivity index (χ4n) is 2.72. The van der Waals surface area contributed by atoms with Gasteiger partial charge in [0.1, 0.15) is 6.04 Å². The van der Waals surface area contributed by atoms with Crippen molar-refractivity contribution in [1.82, 2.24) is 10.2 Å². The molecule has 0 saturated carbocycles. The Labute approximate surface area is 164 Å². The Balaban J connectivity index is 2.26. The molecule has 2 amide bonds. The first-order chi connectivity index (χ1) is 12.3. The van der Waals surface area contributed by atoms with E-state index in [4.69, 9.17) is 23.2 Å². The molecular formula is C20H22Cl2N2O2. The number of aryl methyl sites for hydroxylation is 1. The summed E-state index contributed by atoms with van der Waals surface area (Å²) in [5.41, 5.74) is 2.82. The summed E-state index contributed by atoms with van der Waals surface area (Å²) in [6.45, 7) is 3.97. The van der Waals surface area contributed by atoms with Gasteiger partial charge in [-0.1, -0.05) is 59.1 Å². The highest BCUT2D eigenvalue weighted by atomic mass is 35.5. The smallest absolute Gasteiger partial charge is 0.242 e. The second-order valence-electron chi connectivity index (χ2n) is 6.23. The van der Waals surface area contributed by atoms with Gasteiger partial charge in [-0.25, -0.2) is 0 Å². The SMILES string of the molecule is CNC(=O)C(C)N(Cc1ccc(Cl)c(Cl)c1)C(=O)Cc1cccc(C)c1. The standard InChI is InChI=1S/C20H22Cl2N2O2/c1-13-5-4-6-15(9-13)11-19(25)24(14(2)20(26)23-3)12-16-7-8-17(21)18(22)10-16/h4-10,14H,11-12H2,1-3H3,(H,23,26). The van der Waals surface area contributed by atoms with Gasteiger partial charge in [-0.2, -0.15) is 0 Å². The van der Waals surface area contributed by atoms with Crippen LogP contribution in [0.4, 0.5) is 0 Å². The van der Waals surface area contributed by atoms with Gasteiger partial charge in [0, 0.05) is 13.6 Å². The molecule has 6 heteroatoms. The summed E-state index contributed by atoms with van der Waals surface area (Å²) >= 11 is 12.0. The number of carbonyl (C=O) groups excluding carboxylic acids is 2. The summed E-state index contributed by atoms with van der Waals surface area (Å²) in [5.74, 6) is -0.347. The number of hydrogen-bond donors (Lipinski definition) is 1. The van der Waals surface area contributed by atoms with Crippen molar-refractivity contribution in [2.45, 2.75) is 32.9 Å². The van der Waals surface area contributed by atoms with Gasteiger partial charge in [0.05, 0.1) is 16.5 Å². The lowest BCUT2D eigenvalue weighted by Crippen LogP contribution is -2.47. The maximum atomic E-state index is 12.9. The highest BCUT2D eigenvalue weighted by Gasteiger charge is 2.25. The minimum atomic E-state index is -0.605. The third kappa shape index (κ3) is 5.23. The van der Waals surface area contributed by atoms with Crippen molar-refractivity contribution in [3.05, 3.63) is 69.2 Å². The van der Waals surface area contributed by atoms with E-state index in [1.54, 1.807) is 37.1 Å². The van der Waals surface area contributed by atoms with Crippen LogP contribution in [-0.4, -0.2) is 29.8 Å². The second-order valence-corrected chi connectivity index (χ2v) is 7.04. The van der Waals surface area contributed by atoms with Gasteiger partial charge in [0.15, 0.2) is 0 Å². The largest absolute Gasteiger partial charge is 0.357 e. The maximum absolute atomic E-state index is 12.9. The van der Waals surface area contributed by atoms with Crippen molar-refractivity contribution >= 4 is 35.0 Å². The highest BCUT2D eigenvalue weighted by Crippen LogP contribution is 2.24. The first kappa shape index (κ1) is 20.3. The van der Waals surface area contributed by atoms with Crippen molar-refractivity contribution in [2.75, 3.05) is 7.05 Å². The van der Waals surface area contributed by atoms with Gasteiger partial charge in [-0.05, 0) is 37.1 Å². The minimum absolute atomic E-state index is 0.127. The molecule has 1 unspecified atom stereocenters. The first-order valence-electron chi connectivity index (χ1n) is 8.32. The zero-order chi connectivity index (χ0) is 19.3. The predicted molar refractivity (Wildman–Crippen MR) is 105 cm³/mol. The van der Waals surface area contributed by atoms with Crippen LogP contribution in [0.15, 0.2) is 42.5 Å². The van der Waals surface area contributed by atoms with E-state index in [0.717, 1.165) is 16.7 Å². The monoisotopic (exact) mass is 392 g/mol. The molecule has 4 nitrogen and oxygen atoms in total. The van der Waals surface area contributed by atoms with Crippen LogP contribution in [0.2, 0.25) is 10.0 Å². The van der Waals surface area contributed by atoms with Gasteiger partial charge < -0.3 is 10.2 Å². The van der Waals surface area contributed by atoms with Crippen molar-refractivity contribution in [3.8, 4) is 0 Å². The van der Waals surface area contributed by atoms with E-state index in [2.05, 4.69) is 5.32 Å². The topological polar surface area (TPSA) is 49.4 Å². The molecule has 0 bridgehead atoms. The molecule has 0 spiro atoms. The van der Waals surface area contributed by atoms with Crippen molar-refractivity contribution in [1.29, 1.82) is 0 Å². The van der Waals surface area contributed by atoms with E-state index >= 15 is 0 Å². The molecule has 1 N–H and O–H groups in total. The van der Waals surface area contributed by atoms with E-state index < -0.39 is 6.04 Å². The van der Waals surface area contributed by atoms with Crippen LogP contribution in [0.1, 0.15) is 23.6 Å². The van der Waals surface area contributed by atoms with Crippen molar-refractivity contribution < 1.29 is 9.59 Å². The predicted octanol–water partition coefficient (Wildman–Crippen LogP) is 4.01. The lowest BCUT2D eigenvalue weighted by molar-refractivity contribution is -0.139. The summed E-state index contributed by atoms with van der Waals surface area (Å²) in [4.78, 5) is 26.6. The number of benzene rings is 2. The number of carbonyl (C=O) groups is 2. The van der Waals surface area contributed by atoms with Crippen LogP contribution in [0.5, 0.6) is 0 Å². The number of amides is 2. The van der Waals surface area contributed by atoms with Gasteiger partial charge in [0.2, 0.25) is 11.8 Å². The quantitative estimate of drug-likeness (QED) is 0.806. The molecule has 0 heterocycles. The third-order valence-electron chi connectivity index (χ3n) is 4.19. The van der Waals surface area contributed by atoms with Crippen molar-refractivity contribution in [3.63, 3.8) is 0 Å². The Hall–Kier alpha value is -2.04. The average molecular weight is 393 g/mol. The Kier molecular flexibility index (Phi) is 7.06. The Bertz CT molecular complexity index is 808. The van der Waals surface area contributed by atoms with Crippen LogP contribution < -0.4 is 5.32 Å². The van der Waals surface area contributed by atoms with E-state index in [0.29, 0.717) is 10.0 Å². The first-order valence-corrected chi connectivity index (χ1v) is 9.08. The summed E-state index contributed by atoms with van der Waals surface area (Å²) in [6, 6.07) is 12.4. The molecule has 2 rings (SSSR count). The van der Waals surface area contributed by atoms with Gasteiger partial charge >= 0.3 is 0 Å². The van der Waals surface area contributed by atoms with Crippen LogP contribution in [0, 0.1) is 6.92 Å². The van der Waals surface area contributed by atoms with Gasteiger partial charge in [-0.15, -0.1) is 0 Å². The number of likely N-dealkylation sites (N-methyl/N-ethyl adjacent to an activating group) is 1. The van der Waals surface area contributed by atoms with Crippen molar-refractivity contribution in [2.24, 2.45) is 0 Å². The molecule has 0 fully saturated rings. The Morgan fingerprint density at radius 3 is 2.42 bits per heavy atom. The molecule has 0 saturated heterocycles. The molecule has 138 valence electrons. The van der Waals surface area contributed by atoms with E-state index in [1.165, 1.54) is 0 Å². The number of hydrogen-bond acceptors (Lipinski definition) is 2. The molecule has 26 heavy (non-hydrogen) atoms. The van der Waals surface area contributed by atoms with E-state index in [-0.39, 0.29) is 24.8 Å². The molecule has 0 aliphatic heterocycles. The normalized spacial score (nSPS) is 11.7. The van der Waals surface area contributed by atoms with Crippen LogP contribution >= 0.6 is 23.2 Å². The van der Waals surface area contributed by atoms with Gasteiger partial charge in [0.25, 0.3) is 0 Å². The third-order valence-corrected chi connectivity index (χ3v) is 4.93. The zero-order valence-corrected chi connectivity index (χ0v) is 16.6. The second kappa shape index (κ2) is 9.06. The fraction of sp³-hybridized carbons (Fsp3) is 0.300. The number of rotatable bonds is 6. The summed E-state index contributed by atoms with van der Waals surface area (Å²) < 4.78 is 0. The maximum Gasteiger partial charge on any atom is 0.242 e. The molecule has 0 aromatic heterocycles. The lowest BCUT2D eigenvalue weighted by Gasteiger charge is -2.28. The molecule has 0 radical (unpaired) electrons. The van der Waals surface area contributed by atoms with Crippen LogP contribution in [0.25, 0.3) is 0 Å². The average Bonchev–Trinajstić information content (AvgIpc) is 2.61. The summed E-state index contributed by atoms with van der Waals surface area (Å²) in [6.07, 6.45) is 0.227. The minimum Gasteiger partial charge on any atom is -0.357 e. The molecule has 1 atom stereocenters. The highest BCUT2D eigenvalue weighted by molar-refractivity contribution is 6.42. The Morgan fingerprint density at radius 1 is 1.08 bits per heavy atom. The zero-order valence-electron chi connectivity index (χ0n) is 15.1. The molecule has 2 aromatic carbocycles. The summed E-state index contributed by atoms with van der Waals surface area (Å²) in [7, 11) is 1.56. The number of nitrogens with zero attached hydrogens (tertiary/aromatic N) is 1. The molecule has 0 aliphatic rings. The number of nitrogens with one attached hydrogen (secondary N) is 1. The van der Waals surface area contributed by atoms with Gasteiger partial charge in [-0.3, -0.25) is 9.59 Å². The molecule has 2 aromatic rings. The molecular weight excluding hydrogens is 371 g/mol.